The van der Waals surface area contributed by atoms with Crippen molar-refractivity contribution in [3.63, 3.8) is 0 Å². The zero-order valence-corrected chi connectivity index (χ0v) is 13.2. The normalized spacial score (nSPS) is 11.6. The van der Waals surface area contributed by atoms with E-state index in [1.165, 1.54) is 0 Å². The van der Waals surface area contributed by atoms with Crippen molar-refractivity contribution in [2.45, 2.75) is 31.7 Å². The summed E-state index contributed by atoms with van der Waals surface area (Å²) in [5, 5.41) is 1.04. The Morgan fingerprint density at radius 1 is 1.25 bits per heavy atom. The molecular weight excluding hydrogens is 272 g/mol. The summed E-state index contributed by atoms with van der Waals surface area (Å²) in [4.78, 5) is 4.70. The Labute approximate surface area is 124 Å². The third-order valence-electron chi connectivity index (χ3n) is 2.90. The van der Waals surface area contributed by atoms with Crippen LogP contribution in [0.5, 0.6) is 0 Å². The first-order valence-corrected chi connectivity index (χ1v) is 7.89. The highest BCUT2D eigenvalue weighted by molar-refractivity contribution is 7.99. The number of methoxy groups -OCH3 is 1. The minimum atomic E-state index is 0.280. The number of rotatable bonds is 8. The molecule has 0 unspecified atom stereocenters. The van der Waals surface area contributed by atoms with E-state index < -0.39 is 0 Å². The van der Waals surface area contributed by atoms with Crippen molar-refractivity contribution in [2.75, 3.05) is 26.1 Å². The second kappa shape index (κ2) is 7.67. The number of thioether (sulfide) groups is 1. The van der Waals surface area contributed by atoms with Crippen LogP contribution in [-0.2, 0) is 16.0 Å². The summed E-state index contributed by atoms with van der Waals surface area (Å²) in [7, 11) is 1.72. The summed E-state index contributed by atoms with van der Waals surface area (Å²) in [5.74, 6) is 0.911. The van der Waals surface area contributed by atoms with Gasteiger partial charge in [-0.1, -0.05) is 23.9 Å². The fourth-order valence-electron chi connectivity index (χ4n) is 1.98. The van der Waals surface area contributed by atoms with E-state index in [9.17, 15) is 0 Å². The van der Waals surface area contributed by atoms with E-state index >= 15 is 0 Å². The Balaban J connectivity index is 2.09. The van der Waals surface area contributed by atoms with E-state index in [-0.39, 0.29) is 6.10 Å². The first kappa shape index (κ1) is 15.4. The Kier molecular flexibility index (Phi) is 5.88. The van der Waals surface area contributed by atoms with Gasteiger partial charge in [0, 0.05) is 19.4 Å². The second-order valence-corrected chi connectivity index (χ2v) is 5.86. The molecule has 2 rings (SSSR count). The fourth-order valence-corrected chi connectivity index (χ4v) is 2.85. The topological polar surface area (TPSA) is 36.3 Å². The molecule has 0 fully saturated rings. The largest absolute Gasteiger partial charge is 0.383 e. The van der Waals surface area contributed by atoms with Crippen molar-refractivity contribution < 1.29 is 9.47 Å². The first-order chi connectivity index (χ1) is 9.72. The molecule has 0 radical (unpaired) electrons. The van der Waals surface area contributed by atoms with Crippen molar-refractivity contribution in [1.29, 1.82) is 0 Å². The van der Waals surface area contributed by atoms with Gasteiger partial charge in [-0.25, -0.2) is 4.98 Å². The van der Waals surface area contributed by atoms with E-state index in [2.05, 4.69) is 24.5 Å². The lowest BCUT2D eigenvalue weighted by molar-refractivity contribution is 0.0920. The Bertz CT molecular complexity index is 540. The number of para-hydroxylation sites is 2. The average Bonchev–Trinajstić information content (AvgIpc) is 2.79. The molecule has 0 saturated heterocycles. The van der Waals surface area contributed by atoms with Gasteiger partial charge >= 0.3 is 0 Å². The van der Waals surface area contributed by atoms with Crippen LogP contribution < -0.4 is 0 Å². The number of hydrogen-bond acceptors (Lipinski definition) is 4. The minimum Gasteiger partial charge on any atom is -0.383 e. The molecular formula is C15H22N2O2S. The lowest BCUT2D eigenvalue weighted by Gasteiger charge is -2.09. The molecule has 110 valence electrons. The maximum atomic E-state index is 5.58. The smallest absolute Gasteiger partial charge is 0.169 e. The van der Waals surface area contributed by atoms with Crippen LogP contribution in [0.2, 0.25) is 0 Å². The monoisotopic (exact) mass is 294 g/mol. The van der Waals surface area contributed by atoms with Gasteiger partial charge in [0.25, 0.3) is 0 Å². The molecule has 0 atom stereocenters. The SMILES string of the molecule is COCCn1c(SCCOC(C)C)nc2ccccc21. The molecule has 0 saturated carbocycles. The van der Waals surface area contributed by atoms with Crippen molar-refractivity contribution in [2.24, 2.45) is 0 Å². The molecule has 2 aromatic rings. The molecule has 0 amide bonds. The quantitative estimate of drug-likeness (QED) is 0.553. The van der Waals surface area contributed by atoms with Crippen molar-refractivity contribution in [3.8, 4) is 0 Å². The van der Waals surface area contributed by atoms with Crippen molar-refractivity contribution in [1.82, 2.24) is 9.55 Å². The van der Waals surface area contributed by atoms with Gasteiger partial charge in [0.1, 0.15) is 0 Å². The number of ether oxygens (including phenoxy) is 2. The first-order valence-electron chi connectivity index (χ1n) is 6.91. The van der Waals surface area contributed by atoms with Crippen molar-refractivity contribution in [3.05, 3.63) is 24.3 Å². The van der Waals surface area contributed by atoms with Crippen LogP contribution in [0.3, 0.4) is 0 Å². The molecule has 1 heterocycles. The molecule has 0 N–H and O–H groups in total. The van der Waals surface area contributed by atoms with Gasteiger partial charge in [-0.2, -0.15) is 0 Å². The predicted molar refractivity (Wildman–Crippen MR) is 83.4 cm³/mol. The Hall–Kier alpha value is -1.04. The highest BCUT2D eigenvalue weighted by Gasteiger charge is 2.10. The highest BCUT2D eigenvalue weighted by atomic mass is 32.2. The lowest BCUT2D eigenvalue weighted by Crippen LogP contribution is -2.08. The van der Waals surface area contributed by atoms with E-state index in [4.69, 9.17) is 14.5 Å². The molecule has 1 aromatic carbocycles. The summed E-state index contributed by atoms with van der Waals surface area (Å²) in [5.41, 5.74) is 2.20. The number of aromatic nitrogens is 2. The van der Waals surface area contributed by atoms with Crippen LogP contribution >= 0.6 is 11.8 Å². The predicted octanol–water partition coefficient (Wildman–Crippen LogP) is 3.20. The molecule has 0 aliphatic carbocycles. The van der Waals surface area contributed by atoms with Crippen LogP contribution in [-0.4, -0.2) is 41.7 Å². The number of fused-ring (bicyclic) bond motifs is 1. The Morgan fingerprint density at radius 2 is 2.05 bits per heavy atom. The van der Waals surface area contributed by atoms with Crippen LogP contribution in [0.4, 0.5) is 0 Å². The molecule has 1 aromatic heterocycles. The third kappa shape index (κ3) is 3.98. The van der Waals surface area contributed by atoms with Crippen LogP contribution in [0.25, 0.3) is 11.0 Å². The van der Waals surface area contributed by atoms with Gasteiger partial charge in [-0.3, -0.25) is 0 Å². The minimum absolute atomic E-state index is 0.280. The summed E-state index contributed by atoms with van der Waals surface area (Å²) in [6, 6.07) is 8.22. The highest BCUT2D eigenvalue weighted by Crippen LogP contribution is 2.23. The number of hydrogen-bond donors (Lipinski definition) is 0. The van der Waals surface area contributed by atoms with Gasteiger partial charge < -0.3 is 14.0 Å². The number of nitrogens with zero attached hydrogens (tertiary/aromatic N) is 2. The van der Waals surface area contributed by atoms with Gasteiger partial charge in [0.15, 0.2) is 5.16 Å². The molecule has 4 nitrogen and oxygen atoms in total. The van der Waals surface area contributed by atoms with Gasteiger partial charge in [-0.05, 0) is 26.0 Å². The standard InChI is InChI=1S/C15H22N2O2S/c1-12(2)19-10-11-20-15-16-13-6-4-5-7-14(13)17(15)8-9-18-3/h4-7,12H,8-11H2,1-3H3. The van der Waals surface area contributed by atoms with E-state index in [1.54, 1.807) is 18.9 Å². The molecule has 20 heavy (non-hydrogen) atoms. The van der Waals surface area contributed by atoms with Crippen molar-refractivity contribution >= 4 is 22.8 Å². The number of imidazole rings is 1. The zero-order valence-electron chi connectivity index (χ0n) is 12.3. The number of benzene rings is 1. The van der Waals surface area contributed by atoms with Crippen LogP contribution in [0.15, 0.2) is 29.4 Å². The summed E-state index contributed by atoms with van der Waals surface area (Å²) < 4.78 is 13.0. The summed E-state index contributed by atoms with van der Waals surface area (Å²) in [6.07, 6.45) is 0.280. The average molecular weight is 294 g/mol. The molecule has 0 spiro atoms. The summed E-state index contributed by atoms with van der Waals surface area (Å²) in [6.45, 7) is 6.37. The van der Waals surface area contributed by atoms with E-state index in [1.807, 2.05) is 18.2 Å². The fraction of sp³-hybridized carbons (Fsp3) is 0.533. The van der Waals surface area contributed by atoms with E-state index in [0.29, 0.717) is 6.61 Å². The molecule has 0 bridgehead atoms. The zero-order chi connectivity index (χ0) is 14.4. The molecule has 5 heteroatoms. The van der Waals surface area contributed by atoms with Gasteiger partial charge in [0.2, 0.25) is 0 Å². The maximum Gasteiger partial charge on any atom is 0.169 e. The van der Waals surface area contributed by atoms with Gasteiger partial charge in [-0.15, -0.1) is 0 Å². The Morgan fingerprint density at radius 3 is 2.80 bits per heavy atom. The maximum absolute atomic E-state index is 5.58. The van der Waals surface area contributed by atoms with Crippen LogP contribution in [0, 0.1) is 0 Å². The third-order valence-corrected chi connectivity index (χ3v) is 3.84. The molecule has 0 aliphatic rings. The second-order valence-electron chi connectivity index (χ2n) is 4.80. The molecule has 0 aliphatic heterocycles. The summed E-state index contributed by atoms with van der Waals surface area (Å²) >= 11 is 1.74. The van der Waals surface area contributed by atoms with Crippen LogP contribution in [0.1, 0.15) is 13.8 Å². The van der Waals surface area contributed by atoms with Gasteiger partial charge in [0.05, 0.1) is 30.4 Å². The van der Waals surface area contributed by atoms with E-state index in [0.717, 1.165) is 35.1 Å². The lowest BCUT2D eigenvalue weighted by atomic mass is 10.3.